The van der Waals surface area contributed by atoms with Crippen LogP contribution in [0, 0.1) is 12.7 Å². The van der Waals surface area contributed by atoms with Gasteiger partial charge in [0.15, 0.2) is 0 Å². The van der Waals surface area contributed by atoms with Crippen molar-refractivity contribution in [3.8, 4) is 0 Å². The zero-order chi connectivity index (χ0) is 16.3. The molecule has 0 saturated carbocycles. The Bertz CT molecular complexity index is 819. The molecule has 0 atom stereocenters. The van der Waals surface area contributed by atoms with Gasteiger partial charge in [0, 0.05) is 17.7 Å². The van der Waals surface area contributed by atoms with Crippen molar-refractivity contribution in [2.24, 2.45) is 5.73 Å². The highest BCUT2D eigenvalue weighted by molar-refractivity contribution is 7.89. The van der Waals surface area contributed by atoms with Gasteiger partial charge in [-0.05, 0) is 30.7 Å². The van der Waals surface area contributed by atoms with E-state index in [-0.39, 0.29) is 22.6 Å². The van der Waals surface area contributed by atoms with Gasteiger partial charge in [-0.15, -0.1) is 0 Å². The number of hydrogen-bond donors (Lipinski definition) is 2. The third kappa shape index (κ3) is 3.49. The third-order valence-corrected chi connectivity index (χ3v) is 4.59. The number of sulfonamides is 1. The van der Waals surface area contributed by atoms with Crippen LogP contribution in [0.1, 0.15) is 21.5 Å². The van der Waals surface area contributed by atoms with Crippen LogP contribution in [0.25, 0.3) is 0 Å². The normalized spacial score (nSPS) is 11.4. The second-order valence-corrected chi connectivity index (χ2v) is 6.52. The third-order valence-electron chi connectivity index (χ3n) is 3.20. The van der Waals surface area contributed by atoms with E-state index in [0.29, 0.717) is 5.56 Å². The molecule has 0 aromatic heterocycles. The molecule has 0 unspecified atom stereocenters. The smallest absolute Gasteiger partial charge is 0.249 e. The lowest BCUT2D eigenvalue weighted by Gasteiger charge is -2.09. The molecule has 1 amide bonds. The van der Waals surface area contributed by atoms with Crippen molar-refractivity contribution in [1.29, 1.82) is 0 Å². The van der Waals surface area contributed by atoms with E-state index < -0.39 is 21.7 Å². The van der Waals surface area contributed by atoms with Gasteiger partial charge in [-0.25, -0.2) is 17.5 Å². The highest BCUT2D eigenvalue weighted by Gasteiger charge is 2.17. The summed E-state index contributed by atoms with van der Waals surface area (Å²) in [6.07, 6.45) is 0. The summed E-state index contributed by atoms with van der Waals surface area (Å²) in [5.41, 5.74) is 6.15. The second kappa shape index (κ2) is 6.25. The average molecular weight is 322 g/mol. The van der Waals surface area contributed by atoms with Crippen LogP contribution in [0.2, 0.25) is 0 Å². The number of benzene rings is 2. The summed E-state index contributed by atoms with van der Waals surface area (Å²) in [7, 11) is -3.87. The minimum Gasteiger partial charge on any atom is -0.366 e. The number of nitrogens with two attached hydrogens (primary N) is 1. The van der Waals surface area contributed by atoms with Crippen molar-refractivity contribution < 1.29 is 17.6 Å². The quantitative estimate of drug-likeness (QED) is 0.878. The van der Waals surface area contributed by atoms with Crippen molar-refractivity contribution in [3.63, 3.8) is 0 Å². The van der Waals surface area contributed by atoms with E-state index in [1.165, 1.54) is 36.4 Å². The summed E-state index contributed by atoms with van der Waals surface area (Å²) in [5.74, 6) is -1.20. The number of hydrogen-bond acceptors (Lipinski definition) is 3. The van der Waals surface area contributed by atoms with E-state index in [1.807, 2.05) is 0 Å². The molecule has 2 aromatic carbocycles. The summed E-state index contributed by atoms with van der Waals surface area (Å²) < 4.78 is 40.2. The fraction of sp³-hybridized carbons (Fsp3) is 0.133. The van der Waals surface area contributed by atoms with E-state index in [2.05, 4.69) is 4.72 Å². The maximum atomic E-state index is 13.5. The lowest BCUT2D eigenvalue weighted by molar-refractivity contribution is 0.0999. The first-order valence-corrected chi connectivity index (χ1v) is 7.93. The molecule has 2 rings (SSSR count). The molecule has 0 heterocycles. The zero-order valence-corrected chi connectivity index (χ0v) is 12.7. The second-order valence-electron chi connectivity index (χ2n) is 4.76. The number of rotatable bonds is 5. The number of nitrogens with one attached hydrogen (secondary N) is 1. The van der Waals surface area contributed by atoms with Crippen LogP contribution in [-0.2, 0) is 16.6 Å². The van der Waals surface area contributed by atoms with Gasteiger partial charge in [0.05, 0.1) is 4.90 Å². The monoisotopic (exact) mass is 322 g/mol. The van der Waals surface area contributed by atoms with Crippen LogP contribution in [0.5, 0.6) is 0 Å². The fourth-order valence-electron chi connectivity index (χ4n) is 1.93. The fourth-order valence-corrected chi connectivity index (χ4v) is 2.96. The molecule has 2 aromatic rings. The predicted molar refractivity (Wildman–Crippen MR) is 80.1 cm³/mol. The number of amides is 1. The molecule has 0 bridgehead atoms. The van der Waals surface area contributed by atoms with Gasteiger partial charge in [-0.1, -0.05) is 24.3 Å². The minimum atomic E-state index is -3.87. The van der Waals surface area contributed by atoms with Crippen LogP contribution in [0.3, 0.4) is 0 Å². The van der Waals surface area contributed by atoms with Crippen molar-refractivity contribution >= 4 is 15.9 Å². The Balaban J connectivity index is 2.26. The van der Waals surface area contributed by atoms with Crippen LogP contribution in [0.4, 0.5) is 4.39 Å². The maximum absolute atomic E-state index is 13.5. The molecular weight excluding hydrogens is 307 g/mol. The molecule has 7 heteroatoms. The first kappa shape index (κ1) is 16.1. The van der Waals surface area contributed by atoms with Crippen molar-refractivity contribution in [2.75, 3.05) is 0 Å². The SMILES string of the molecule is Cc1ccc(S(=O)(=O)NCc2ccccc2F)cc1C(N)=O. The van der Waals surface area contributed by atoms with E-state index in [0.717, 1.165) is 0 Å². The zero-order valence-electron chi connectivity index (χ0n) is 11.8. The molecule has 3 N–H and O–H groups in total. The molecule has 0 radical (unpaired) electrons. The molecule has 0 fully saturated rings. The number of halogens is 1. The number of carbonyl (C=O) groups excluding carboxylic acids is 1. The van der Waals surface area contributed by atoms with E-state index >= 15 is 0 Å². The van der Waals surface area contributed by atoms with Crippen LogP contribution < -0.4 is 10.5 Å². The van der Waals surface area contributed by atoms with Gasteiger partial charge >= 0.3 is 0 Å². The number of primary amides is 1. The first-order valence-electron chi connectivity index (χ1n) is 6.45. The van der Waals surface area contributed by atoms with E-state index in [4.69, 9.17) is 5.73 Å². The Morgan fingerprint density at radius 2 is 1.91 bits per heavy atom. The van der Waals surface area contributed by atoms with Gasteiger partial charge in [0.25, 0.3) is 0 Å². The maximum Gasteiger partial charge on any atom is 0.249 e. The highest BCUT2D eigenvalue weighted by Crippen LogP contribution is 2.16. The highest BCUT2D eigenvalue weighted by atomic mass is 32.2. The van der Waals surface area contributed by atoms with Crippen molar-refractivity contribution in [1.82, 2.24) is 4.72 Å². The number of carbonyl (C=O) groups is 1. The van der Waals surface area contributed by atoms with Crippen molar-refractivity contribution in [3.05, 3.63) is 65.0 Å². The molecule has 5 nitrogen and oxygen atoms in total. The van der Waals surface area contributed by atoms with Crippen LogP contribution >= 0.6 is 0 Å². The largest absolute Gasteiger partial charge is 0.366 e. The summed E-state index contributed by atoms with van der Waals surface area (Å²) in [4.78, 5) is 11.2. The summed E-state index contributed by atoms with van der Waals surface area (Å²) >= 11 is 0. The van der Waals surface area contributed by atoms with Gasteiger partial charge < -0.3 is 5.73 Å². The van der Waals surface area contributed by atoms with Gasteiger partial charge in [0.2, 0.25) is 15.9 Å². The van der Waals surface area contributed by atoms with Crippen molar-refractivity contribution in [2.45, 2.75) is 18.4 Å². The molecule has 116 valence electrons. The van der Waals surface area contributed by atoms with E-state index in [1.54, 1.807) is 13.0 Å². The van der Waals surface area contributed by atoms with Gasteiger partial charge in [-0.2, -0.15) is 0 Å². The van der Waals surface area contributed by atoms with Crippen LogP contribution in [-0.4, -0.2) is 14.3 Å². The Morgan fingerprint density at radius 3 is 2.55 bits per heavy atom. The summed E-state index contributed by atoms with van der Waals surface area (Å²) in [6.45, 7) is 1.47. The topological polar surface area (TPSA) is 89.3 Å². The molecule has 0 aliphatic heterocycles. The molecule has 22 heavy (non-hydrogen) atoms. The molecule has 0 aliphatic carbocycles. The molecule has 0 spiro atoms. The summed E-state index contributed by atoms with van der Waals surface area (Å²) in [6, 6.07) is 9.95. The Hall–Kier alpha value is -2.25. The molecular formula is C15H15FN2O3S. The van der Waals surface area contributed by atoms with Crippen LogP contribution in [0.15, 0.2) is 47.4 Å². The Labute approximate surface area is 128 Å². The molecule has 0 saturated heterocycles. The Morgan fingerprint density at radius 1 is 1.23 bits per heavy atom. The summed E-state index contributed by atoms with van der Waals surface area (Å²) in [5, 5.41) is 0. The molecule has 0 aliphatic rings. The predicted octanol–water partition coefficient (Wildman–Crippen LogP) is 1.71. The van der Waals surface area contributed by atoms with Gasteiger partial charge in [0.1, 0.15) is 5.82 Å². The van der Waals surface area contributed by atoms with Gasteiger partial charge in [-0.3, -0.25) is 4.79 Å². The standard InChI is InChI=1S/C15H15FN2O3S/c1-10-6-7-12(8-13(10)15(17)19)22(20,21)18-9-11-4-2-3-5-14(11)16/h2-8,18H,9H2,1H3,(H2,17,19). The lowest BCUT2D eigenvalue weighted by Crippen LogP contribution is -2.24. The lowest BCUT2D eigenvalue weighted by atomic mass is 10.1. The number of aryl methyl sites for hydroxylation is 1. The average Bonchev–Trinajstić information content (AvgIpc) is 2.46. The first-order chi connectivity index (χ1) is 10.3. The van der Waals surface area contributed by atoms with E-state index in [9.17, 15) is 17.6 Å². The minimum absolute atomic E-state index is 0.0942. The Kier molecular flexibility index (Phi) is 4.58.